The Balaban J connectivity index is 1.52. The van der Waals surface area contributed by atoms with Crippen LogP contribution in [0.4, 0.5) is 0 Å². The van der Waals surface area contributed by atoms with Crippen LogP contribution >= 0.6 is 0 Å². The van der Waals surface area contributed by atoms with Gasteiger partial charge in [-0.15, -0.1) is 0 Å². The fourth-order valence-electron chi connectivity index (χ4n) is 4.51. The number of hydrogen-bond acceptors (Lipinski definition) is 3. The Kier molecular flexibility index (Phi) is 3.91. The lowest BCUT2D eigenvalue weighted by Gasteiger charge is -2.34. The molecule has 136 valence electrons. The third-order valence-electron chi connectivity index (χ3n) is 5.92. The highest BCUT2D eigenvalue weighted by atomic mass is 15.6. The van der Waals surface area contributed by atoms with Gasteiger partial charge in [0.15, 0.2) is 0 Å². The number of hydrogen-bond donors (Lipinski definition) is 0. The molecule has 1 aromatic rings. The number of allylic oxidation sites excluding steroid dienone is 6. The first kappa shape index (κ1) is 16.4. The van der Waals surface area contributed by atoms with Gasteiger partial charge in [-0.25, -0.2) is 5.01 Å². The van der Waals surface area contributed by atoms with E-state index in [1.165, 1.54) is 33.5 Å². The lowest BCUT2D eigenvalue weighted by molar-refractivity contribution is 0.136. The van der Waals surface area contributed by atoms with Crippen molar-refractivity contribution in [1.29, 1.82) is 0 Å². The highest BCUT2D eigenvalue weighted by molar-refractivity contribution is 5.78. The van der Waals surface area contributed by atoms with Crippen LogP contribution in [0.15, 0.2) is 72.9 Å². The molecule has 5 rings (SSSR count). The van der Waals surface area contributed by atoms with E-state index < -0.39 is 0 Å². The minimum absolute atomic E-state index is 0.526. The second-order valence-corrected chi connectivity index (χ2v) is 7.67. The van der Waals surface area contributed by atoms with Crippen molar-refractivity contribution in [2.45, 2.75) is 25.2 Å². The normalized spacial score (nSPS) is 22.4. The molecule has 0 N–H and O–H groups in total. The second-order valence-electron chi connectivity index (χ2n) is 7.67. The predicted octanol–water partition coefficient (Wildman–Crippen LogP) is 5.01. The SMILES string of the molecule is CN(C)N1C=CN(C2=CCCc3c2ccc2c3C=CC3=CC=CCC32)C=C1. The number of rotatable bonds is 2. The fraction of sp³-hybridized carbons (Fsp3) is 0.250. The summed E-state index contributed by atoms with van der Waals surface area (Å²) in [6.45, 7) is 0. The minimum Gasteiger partial charge on any atom is -0.321 e. The van der Waals surface area contributed by atoms with E-state index >= 15 is 0 Å². The number of nitrogens with zero attached hydrogens (tertiary/aromatic N) is 3. The highest BCUT2D eigenvalue weighted by Gasteiger charge is 2.27. The van der Waals surface area contributed by atoms with Crippen molar-refractivity contribution in [2.75, 3.05) is 14.1 Å². The molecule has 3 heteroatoms. The van der Waals surface area contributed by atoms with E-state index in [0.29, 0.717) is 5.92 Å². The molecular weight excluding hydrogens is 330 g/mol. The van der Waals surface area contributed by atoms with Gasteiger partial charge in [0.05, 0.1) is 0 Å². The Morgan fingerprint density at radius 3 is 2.70 bits per heavy atom. The summed E-state index contributed by atoms with van der Waals surface area (Å²) >= 11 is 0. The Bertz CT molecular complexity index is 942. The predicted molar refractivity (Wildman–Crippen MR) is 112 cm³/mol. The van der Waals surface area contributed by atoms with E-state index in [0.717, 1.165) is 19.3 Å². The Hall–Kier alpha value is -2.78. The third kappa shape index (κ3) is 2.70. The van der Waals surface area contributed by atoms with E-state index in [-0.39, 0.29) is 0 Å². The summed E-state index contributed by atoms with van der Waals surface area (Å²) in [5.41, 5.74) is 8.57. The Morgan fingerprint density at radius 1 is 1.04 bits per heavy atom. The van der Waals surface area contributed by atoms with Crippen molar-refractivity contribution >= 4 is 11.8 Å². The number of fused-ring (bicyclic) bond motifs is 5. The van der Waals surface area contributed by atoms with Gasteiger partial charge in [0.1, 0.15) is 0 Å². The van der Waals surface area contributed by atoms with Gasteiger partial charge in [0, 0.05) is 56.1 Å². The number of hydrazine groups is 1. The van der Waals surface area contributed by atoms with Crippen molar-refractivity contribution in [3.8, 4) is 0 Å². The zero-order chi connectivity index (χ0) is 18.4. The maximum absolute atomic E-state index is 2.37. The molecule has 0 fully saturated rings. The van der Waals surface area contributed by atoms with Crippen LogP contribution in [0, 0.1) is 0 Å². The monoisotopic (exact) mass is 355 g/mol. The van der Waals surface area contributed by atoms with Gasteiger partial charge in [0.2, 0.25) is 0 Å². The molecule has 3 nitrogen and oxygen atoms in total. The van der Waals surface area contributed by atoms with Crippen LogP contribution in [0.3, 0.4) is 0 Å². The van der Waals surface area contributed by atoms with Gasteiger partial charge >= 0.3 is 0 Å². The first-order valence-corrected chi connectivity index (χ1v) is 9.74. The summed E-state index contributed by atoms with van der Waals surface area (Å²) in [5.74, 6) is 0.526. The molecule has 0 amide bonds. The van der Waals surface area contributed by atoms with Crippen LogP contribution in [0.25, 0.3) is 11.8 Å². The molecule has 1 atom stereocenters. The van der Waals surface area contributed by atoms with Crippen LogP contribution in [-0.2, 0) is 6.42 Å². The summed E-state index contributed by atoms with van der Waals surface area (Å²) < 4.78 is 0. The standard InChI is InChI=1S/C24H25N3/c1-25(2)27-16-14-26(15-17-27)24-9-5-8-20-22-11-10-18-6-3-4-7-19(18)21(22)12-13-23(20)24/h3-4,6,9-17,19H,5,7-8H2,1-2H3. The van der Waals surface area contributed by atoms with Crippen molar-refractivity contribution < 1.29 is 0 Å². The van der Waals surface area contributed by atoms with Crippen molar-refractivity contribution in [1.82, 2.24) is 14.9 Å². The maximum atomic E-state index is 2.37. The van der Waals surface area contributed by atoms with E-state index in [9.17, 15) is 0 Å². The van der Waals surface area contributed by atoms with Gasteiger partial charge in [-0.1, -0.05) is 48.6 Å². The largest absolute Gasteiger partial charge is 0.321 e. The maximum Gasteiger partial charge on any atom is 0.0486 e. The molecule has 1 unspecified atom stereocenters. The lowest BCUT2D eigenvalue weighted by atomic mass is 9.75. The quantitative estimate of drug-likeness (QED) is 0.738. The third-order valence-corrected chi connectivity index (χ3v) is 5.92. The molecule has 0 radical (unpaired) electrons. The molecule has 0 aromatic heterocycles. The van der Waals surface area contributed by atoms with Crippen molar-refractivity contribution in [3.05, 3.63) is 95.1 Å². The number of benzene rings is 1. The topological polar surface area (TPSA) is 9.72 Å². The molecule has 1 heterocycles. The van der Waals surface area contributed by atoms with Gasteiger partial charge < -0.3 is 4.90 Å². The average molecular weight is 355 g/mol. The van der Waals surface area contributed by atoms with Gasteiger partial charge in [-0.3, -0.25) is 5.01 Å². The summed E-state index contributed by atoms with van der Waals surface area (Å²) in [6.07, 6.45) is 25.6. The smallest absolute Gasteiger partial charge is 0.0486 e. The summed E-state index contributed by atoms with van der Waals surface area (Å²) in [7, 11) is 4.09. The molecule has 0 saturated carbocycles. The van der Waals surface area contributed by atoms with E-state index in [4.69, 9.17) is 0 Å². The van der Waals surface area contributed by atoms with E-state index in [2.05, 4.69) is 88.3 Å². The molecule has 1 aromatic carbocycles. The summed E-state index contributed by atoms with van der Waals surface area (Å²) in [5, 5.41) is 4.12. The molecule has 0 bridgehead atoms. The molecule has 27 heavy (non-hydrogen) atoms. The zero-order valence-corrected chi connectivity index (χ0v) is 16.0. The molecule has 4 aliphatic rings. The first-order chi connectivity index (χ1) is 13.2. The molecule has 0 saturated heterocycles. The average Bonchev–Trinajstić information content (AvgIpc) is 2.73. The Labute approximate surface area is 161 Å². The van der Waals surface area contributed by atoms with Gasteiger partial charge in [-0.05, 0) is 41.5 Å². The lowest BCUT2D eigenvalue weighted by Crippen LogP contribution is -2.30. The van der Waals surface area contributed by atoms with Crippen LogP contribution in [0.1, 0.15) is 41.0 Å². The minimum atomic E-state index is 0.526. The summed E-state index contributed by atoms with van der Waals surface area (Å²) in [6, 6.07) is 4.70. The summed E-state index contributed by atoms with van der Waals surface area (Å²) in [4.78, 5) is 2.24. The first-order valence-electron chi connectivity index (χ1n) is 9.74. The van der Waals surface area contributed by atoms with Gasteiger partial charge in [0.25, 0.3) is 0 Å². The van der Waals surface area contributed by atoms with Crippen molar-refractivity contribution in [2.24, 2.45) is 0 Å². The van der Waals surface area contributed by atoms with Crippen molar-refractivity contribution in [3.63, 3.8) is 0 Å². The molecule has 1 aliphatic heterocycles. The van der Waals surface area contributed by atoms with E-state index in [1.807, 2.05) is 14.1 Å². The van der Waals surface area contributed by atoms with Gasteiger partial charge in [-0.2, -0.15) is 0 Å². The van der Waals surface area contributed by atoms with Crippen LogP contribution in [0.2, 0.25) is 0 Å². The Morgan fingerprint density at radius 2 is 1.89 bits per heavy atom. The molecular formula is C24H25N3. The fourth-order valence-corrected chi connectivity index (χ4v) is 4.51. The molecule has 3 aliphatic carbocycles. The highest BCUT2D eigenvalue weighted by Crippen LogP contribution is 2.43. The van der Waals surface area contributed by atoms with E-state index in [1.54, 1.807) is 0 Å². The second kappa shape index (κ2) is 6.43. The molecule has 0 spiro atoms. The van der Waals surface area contributed by atoms with Crippen LogP contribution in [-0.4, -0.2) is 29.0 Å². The van der Waals surface area contributed by atoms with Crippen LogP contribution < -0.4 is 0 Å². The zero-order valence-electron chi connectivity index (χ0n) is 16.0. The van der Waals surface area contributed by atoms with Crippen LogP contribution in [0.5, 0.6) is 0 Å².